The molecular weight excluding hydrogens is 462 g/mol. The van der Waals surface area contributed by atoms with Gasteiger partial charge in [-0.25, -0.2) is 8.42 Å². The Balaban J connectivity index is 1.73. The van der Waals surface area contributed by atoms with Crippen molar-refractivity contribution in [1.82, 2.24) is 9.21 Å². The third-order valence-electron chi connectivity index (χ3n) is 5.95. The number of benzene rings is 2. The molecule has 1 aliphatic heterocycles. The zero-order valence-electron chi connectivity index (χ0n) is 19.2. The van der Waals surface area contributed by atoms with Crippen LogP contribution in [0, 0.1) is 12.8 Å². The number of halogens is 1. The van der Waals surface area contributed by atoms with Gasteiger partial charge in [0.05, 0.1) is 10.8 Å². The highest BCUT2D eigenvalue weighted by atomic mass is 35.5. The van der Waals surface area contributed by atoms with Crippen molar-refractivity contribution in [2.75, 3.05) is 31.5 Å². The second kappa shape index (κ2) is 10.7. The average molecular weight is 492 g/mol. The van der Waals surface area contributed by atoms with Gasteiger partial charge in [0.25, 0.3) is 5.91 Å². The molecule has 0 spiro atoms. The summed E-state index contributed by atoms with van der Waals surface area (Å²) in [7, 11) is -3.65. The molecule has 0 unspecified atom stereocenters. The normalized spacial score (nSPS) is 16.6. The molecule has 1 fully saturated rings. The minimum absolute atomic E-state index is 0.132. The second-order valence-electron chi connectivity index (χ2n) is 8.16. The number of rotatable bonds is 7. The predicted molar refractivity (Wildman–Crippen MR) is 130 cm³/mol. The highest BCUT2D eigenvalue weighted by Gasteiger charge is 2.30. The Hall–Kier alpha value is -2.42. The number of amides is 2. The van der Waals surface area contributed by atoms with Gasteiger partial charge < -0.3 is 10.2 Å². The van der Waals surface area contributed by atoms with Crippen molar-refractivity contribution < 1.29 is 18.0 Å². The van der Waals surface area contributed by atoms with Gasteiger partial charge in [0.1, 0.15) is 0 Å². The molecule has 3 rings (SSSR count). The zero-order chi connectivity index (χ0) is 24.2. The average Bonchev–Trinajstić information content (AvgIpc) is 2.81. The summed E-state index contributed by atoms with van der Waals surface area (Å²) in [6.07, 6.45) is 1.37. The molecule has 1 N–H and O–H groups in total. The lowest BCUT2D eigenvalue weighted by Gasteiger charge is -2.32. The standard InChI is InChI=1S/C24H30ClN3O4S/c1-4-28(5-2)33(31,32)22-15-21(13-8-17(22)3)26-23(29)19-7-6-14-27(16-19)24(30)18-9-11-20(25)12-10-18/h8-13,15,19H,4-7,14,16H2,1-3H3,(H,26,29)/t19-/m1/s1. The van der Waals surface area contributed by atoms with Crippen molar-refractivity contribution in [3.63, 3.8) is 0 Å². The Morgan fingerprint density at radius 1 is 1.12 bits per heavy atom. The first kappa shape index (κ1) is 25.2. The fraction of sp³-hybridized carbons (Fsp3) is 0.417. The number of carbonyl (C=O) groups excluding carboxylic acids is 2. The van der Waals surface area contributed by atoms with Gasteiger partial charge in [-0.2, -0.15) is 4.31 Å². The van der Waals surface area contributed by atoms with E-state index in [-0.39, 0.29) is 22.6 Å². The number of likely N-dealkylation sites (tertiary alicyclic amines) is 1. The molecule has 0 radical (unpaired) electrons. The van der Waals surface area contributed by atoms with Crippen LogP contribution < -0.4 is 5.32 Å². The quantitative estimate of drug-likeness (QED) is 0.629. The number of piperidine rings is 1. The van der Waals surface area contributed by atoms with Crippen LogP contribution in [0.1, 0.15) is 42.6 Å². The Morgan fingerprint density at radius 2 is 1.79 bits per heavy atom. The summed E-state index contributed by atoms with van der Waals surface area (Å²) in [5.41, 5.74) is 1.58. The number of nitrogens with one attached hydrogen (secondary N) is 1. The van der Waals surface area contributed by atoms with Crippen LogP contribution in [0.5, 0.6) is 0 Å². The van der Waals surface area contributed by atoms with Crippen LogP contribution >= 0.6 is 11.6 Å². The monoisotopic (exact) mass is 491 g/mol. The van der Waals surface area contributed by atoms with E-state index in [0.717, 1.165) is 0 Å². The third-order valence-corrected chi connectivity index (χ3v) is 8.39. The molecule has 9 heteroatoms. The van der Waals surface area contributed by atoms with Crippen LogP contribution in [0.3, 0.4) is 0 Å². The largest absolute Gasteiger partial charge is 0.338 e. The maximum Gasteiger partial charge on any atom is 0.253 e. The summed E-state index contributed by atoms with van der Waals surface area (Å²) in [6.45, 7) is 6.96. The zero-order valence-corrected chi connectivity index (χ0v) is 20.7. The smallest absolute Gasteiger partial charge is 0.253 e. The van der Waals surface area contributed by atoms with Gasteiger partial charge in [-0.05, 0) is 61.7 Å². The molecule has 33 heavy (non-hydrogen) atoms. The van der Waals surface area contributed by atoms with E-state index in [4.69, 9.17) is 11.6 Å². The van der Waals surface area contributed by atoms with Gasteiger partial charge in [0.2, 0.25) is 15.9 Å². The molecule has 1 saturated heterocycles. The summed E-state index contributed by atoms with van der Waals surface area (Å²) >= 11 is 5.91. The highest BCUT2D eigenvalue weighted by Crippen LogP contribution is 2.25. The maximum atomic E-state index is 13.0. The predicted octanol–water partition coefficient (Wildman–Crippen LogP) is 4.17. The van der Waals surface area contributed by atoms with Gasteiger partial charge >= 0.3 is 0 Å². The number of nitrogens with zero attached hydrogens (tertiary/aromatic N) is 2. The van der Waals surface area contributed by atoms with E-state index in [1.807, 2.05) is 0 Å². The van der Waals surface area contributed by atoms with Gasteiger partial charge in [-0.15, -0.1) is 0 Å². The number of hydrogen-bond acceptors (Lipinski definition) is 4. The molecule has 0 aliphatic carbocycles. The van der Waals surface area contributed by atoms with Crippen LogP contribution in [0.2, 0.25) is 5.02 Å². The van der Waals surface area contributed by atoms with Crippen molar-refractivity contribution in [2.24, 2.45) is 5.92 Å². The molecule has 1 atom stereocenters. The summed E-state index contributed by atoms with van der Waals surface area (Å²) in [6, 6.07) is 11.6. The molecule has 0 aromatic heterocycles. The van der Waals surface area contributed by atoms with Crippen LogP contribution in [0.25, 0.3) is 0 Å². The molecule has 1 aliphatic rings. The molecular formula is C24H30ClN3O4S. The number of carbonyl (C=O) groups is 2. The van der Waals surface area contributed by atoms with Crippen molar-refractivity contribution in [2.45, 2.75) is 38.5 Å². The fourth-order valence-electron chi connectivity index (χ4n) is 4.05. The molecule has 2 aromatic rings. The second-order valence-corrected chi connectivity index (χ2v) is 10.5. The van der Waals surface area contributed by atoms with E-state index in [1.54, 1.807) is 62.1 Å². The summed E-state index contributed by atoms with van der Waals surface area (Å²) < 4.78 is 27.4. The first-order valence-corrected chi connectivity index (χ1v) is 13.0. The lowest BCUT2D eigenvalue weighted by atomic mass is 9.96. The summed E-state index contributed by atoms with van der Waals surface area (Å²) in [5, 5.41) is 3.41. The number of aryl methyl sites for hydroxylation is 1. The van der Waals surface area contributed by atoms with E-state index in [0.29, 0.717) is 60.9 Å². The van der Waals surface area contributed by atoms with Crippen molar-refractivity contribution in [1.29, 1.82) is 0 Å². The Kier molecular flexibility index (Phi) is 8.15. The van der Waals surface area contributed by atoms with Crippen LogP contribution in [-0.2, 0) is 14.8 Å². The minimum Gasteiger partial charge on any atom is -0.338 e. The Labute approximate surface area is 200 Å². The van der Waals surface area contributed by atoms with Gasteiger partial charge in [-0.3, -0.25) is 9.59 Å². The van der Waals surface area contributed by atoms with Crippen LogP contribution in [0.15, 0.2) is 47.4 Å². The summed E-state index contributed by atoms with van der Waals surface area (Å²) in [5.74, 6) is -0.732. The van der Waals surface area contributed by atoms with E-state index in [1.165, 1.54) is 10.4 Å². The Morgan fingerprint density at radius 3 is 2.42 bits per heavy atom. The van der Waals surface area contributed by atoms with E-state index in [2.05, 4.69) is 5.32 Å². The highest BCUT2D eigenvalue weighted by molar-refractivity contribution is 7.89. The topological polar surface area (TPSA) is 86.8 Å². The lowest BCUT2D eigenvalue weighted by molar-refractivity contribution is -0.121. The number of hydrogen-bond donors (Lipinski definition) is 1. The van der Waals surface area contributed by atoms with Gasteiger partial charge in [0.15, 0.2) is 0 Å². The van der Waals surface area contributed by atoms with Crippen LogP contribution in [-0.4, -0.2) is 55.6 Å². The number of anilines is 1. The molecule has 2 amide bonds. The molecule has 7 nitrogen and oxygen atoms in total. The molecule has 0 bridgehead atoms. The first-order valence-electron chi connectivity index (χ1n) is 11.1. The molecule has 1 heterocycles. The molecule has 178 valence electrons. The third kappa shape index (κ3) is 5.75. The van der Waals surface area contributed by atoms with Crippen molar-refractivity contribution >= 4 is 39.1 Å². The van der Waals surface area contributed by atoms with Crippen molar-refractivity contribution in [3.8, 4) is 0 Å². The van der Waals surface area contributed by atoms with Gasteiger partial charge in [-0.1, -0.05) is 31.5 Å². The Bertz CT molecular complexity index is 1120. The number of sulfonamides is 1. The first-order chi connectivity index (χ1) is 15.7. The minimum atomic E-state index is -3.65. The fourth-order valence-corrected chi connectivity index (χ4v) is 5.89. The van der Waals surface area contributed by atoms with E-state index >= 15 is 0 Å². The maximum absolute atomic E-state index is 13.0. The van der Waals surface area contributed by atoms with Crippen LogP contribution in [0.4, 0.5) is 5.69 Å². The van der Waals surface area contributed by atoms with Gasteiger partial charge in [0, 0.05) is 42.5 Å². The lowest BCUT2D eigenvalue weighted by Crippen LogP contribution is -2.43. The SMILES string of the molecule is CCN(CC)S(=O)(=O)c1cc(NC(=O)[C@@H]2CCCN(C(=O)c3ccc(Cl)cc3)C2)ccc1C. The van der Waals surface area contributed by atoms with Crippen molar-refractivity contribution in [3.05, 3.63) is 58.6 Å². The molecule has 0 saturated carbocycles. The van der Waals surface area contributed by atoms with E-state index in [9.17, 15) is 18.0 Å². The molecule has 2 aromatic carbocycles. The van der Waals surface area contributed by atoms with E-state index < -0.39 is 10.0 Å². The summed E-state index contributed by atoms with van der Waals surface area (Å²) in [4.78, 5) is 27.7.